The molecule has 1 heterocycles. The number of esters is 1. The van der Waals surface area contributed by atoms with Gasteiger partial charge in [-0.25, -0.2) is 9.59 Å². The van der Waals surface area contributed by atoms with Crippen LogP contribution in [0.2, 0.25) is 0 Å². The van der Waals surface area contributed by atoms with E-state index in [2.05, 4.69) is 10.6 Å². The standard InChI is InChI=1S/C25H29N3O7/c1-6-34-24(29)20-21(14(2)3)26-25(30)27-22(20)17-11-18(28(31)32)23(19(12-17)33-5)35-13-16-10-8-7-9-15(16)4/h7-12,14,22H,6,13H2,1-5H3,(H2,26,27,30). The Morgan fingerprint density at radius 1 is 1.23 bits per heavy atom. The van der Waals surface area contributed by atoms with E-state index in [0.717, 1.165) is 11.1 Å². The quantitative estimate of drug-likeness (QED) is 0.309. The number of benzene rings is 2. The lowest BCUT2D eigenvalue weighted by Crippen LogP contribution is -2.47. The van der Waals surface area contributed by atoms with Crippen LogP contribution in [0, 0.1) is 23.0 Å². The van der Waals surface area contributed by atoms with Gasteiger partial charge in [0.05, 0.1) is 30.3 Å². The predicted molar refractivity (Wildman–Crippen MR) is 128 cm³/mol. The minimum atomic E-state index is -0.988. The molecule has 10 heteroatoms. The molecule has 1 aliphatic rings. The number of urea groups is 1. The van der Waals surface area contributed by atoms with E-state index in [0.29, 0.717) is 5.70 Å². The number of carbonyl (C=O) groups is 2. The van der Waals surface area contributed by atoms with Gasteiger partial charge in [-0.2, -0.15) is 0 Å². The van der Waals surface area contributed by atoms with Crippen molar-refractivity contribution in [3.8, 4) is 11.5 Å². The van der Waals surface area contributed by atoms with Crippen LogP contribution >= 0.6 is 0 Å². The Kier molecular flexibility index (Phi) is 7.95. The summed E-state index contributed by atoms with van der Waals surface area (Å²) < 4.78 is 16.5. The van der Waals surface area contributed by atoms with Gasteiger partial charge in [0.2, 0.25) is 5.75 Å². The zero-order valence-electron chi connectivity index (χ0n) is 20.3. The third-order valence-electron chi connectivity index (χ3n) is 5.62. The normalized spacial score (nSPS) is 15.4. The molecule has 2 aromatic rings. The Labute approximate surface area is 203 Å². The Hall–Kier alpha value is -4.08. The van der Waals surface area contributed by atoms with Crippen LogP contribution in [0.15, 0.2) is 47.7 Å². The average molecular weight is 484 g/mol. The van der Waals surface area contributed by atoms with Crippen LogP contribution in [0.1, 0.15) is 43.5 Å². The molecule has 1 atom stereocenters. The van der Waals surface area contributed by atoms with E-state index in [4.69, 9.17) is 14.2 Å². The molecular weight excluding hydrogens is 454 g/mol. The predicted octanol–water partition coefficient (Wildman–Crippen LogP) is 4.32. The van der Waals surface area contributed by atoms with Crippen molar-refractivity contribution < 1.29 is 28.7 Å². The first kappa shape index (κ1) is 25.5. The fourth-order valence-corrected chi connectivity index (χ4v) is 3.86. The molecule has 0 bridgehead atoms. The van der Waals surface area contributed by atoms with E-state index in [1.54, 1.807) is 6.92 Å². The molecular formula is C25H29N3O7. The molecule has 1 aliphatic heterocycles. The fraction of sp³-hybridized carbons (Fsp3) is 0.360. The van der Waals surface area contributed by atoms with Crippen molar-refractivity contribution in [3.63, 3.8) is 0 Å². The summed E-state index contributed by atoms with van der Waals surface area (Å²) in [5, 5.41) is 17.4. The Bertz CT molecular complexity index is 1170. The fourth-order valence-electron chi connectivity index (χ4n) is 3.86. The molecule has 10 nitrogen and oxygen atoms in total. The van der Waals surface area contributed by atoms with E-state index in [9.17, 15) is 19.7 Å². The first-order chi connectivity index (χ1) is 16.7. The number of nitro benzene ring substituents is 1. The van der Waals surface area contributed by atoms with Gasteiger partial charge in [0.1, 0.15) is 6.61 Å². The highest BCUT2D eigenvalue weighted by Gasteiger charge is 2.36. The van der Waals surface area contributed by atoms with Gasteiger partial charge >= 0.3 is 17.7 Å². The first-order valence-electron chi connectivity index (χ1n) is 11.2. The van der Waals surface area contributed by atoms with Gasteiger partial charge in [0.15, 0.2) is 5.75 Å². The number of methoxy groups -OCH3 is 1. The lowest BCUT2D eigenvalue weighted by atomic mass is 9.91. The maximum atomic E-state index is 12.9. The van der Waals surface area contributed by atoms with Gasteiger partial charge in [-0.05, 0) is 42.5 Å². The molecule has 2 N–H and O–H groups in total. The van der Waals surface area contributed by atoms with Crippen LogP contribution in [-0.2, 0) is 16.1 Å². The number of amides is 2. The second-order valence-corrected chi connectivity index (χ2v) is 8.28. The van der Waals surface area contributed by atoms with Crippen LogP contribution in [-0.4, -0.2) is 30.6 Å². The zero-order valence-corrected chi connectivity index (χ0v) is 20.3. The molecule has 186 valence electrons. The summed E-state index contributed by atoms with van der Waals surface area (Å²) in [6.45, 7) is 7.46. The van der Waals surface area contributed by atoms with E-state index in [-0.39, 0.29) is 47.5 Å². The molecule has 2 aromatic carbocycles. The Morgan fingerprint density at radius 3 is 2.54 bits per heavy atom. The third kappa shape index (κ3) is 5.53. The maximum Gasteiger partial charge on any atom is 0.338 e. The molecule has 1 unspecified atom stereocenters. The van der Waals surface area contributed by atoms with Gasteiger partial charge in [-0.1, -0.05) is 38.1 Å². The van der Waals surface area contributed by atoms with Gasteiger partial charge in [0.25, 0.3) is 0 Å². The van der Waals surface area contributed by atoms with Crippen molar-refractivity contribution in [1.82, 2.24) is 10.6 Å². The highest BCUT2D eigenvalue weighted by Crippen LogP contribution is 2.42. The summed E-state index contributed by atoms with van der Waals surface area (Å²) in [6, 6.07) is 8.82. The van der Waals surface area contributed by atoms with Crippen molar-refractivity contribution in [3.05, 3.63) is 74.5 Å². The number of hydrogen-bond donors (Lipinski definition) is 2. The number of rotatable bonds is 9. The minimum Gasteiger partial charge on any atom is -0.493 e. The molecule has 0 fully saturated rings. The van der Waals surface area contributed by atoms with Crippen molar-refractivity contribution in [1.29, 1.82) is 0 Å². The van der Waals surface area contributed by atoms with Crippen molar-refractivity contribution >= 4 is 17.7 Å². The summed E-state index contributed by atoms with van der Waals surface area (Å²) >= 11 is 0. The molecule has 0 radical (unpaired) electrons. The zero-order chi connectivity index (χ0) is 25.7. The van der Waals surface area contributed by atoms with Gasteiger partial charge in [0, 0.05) is 11.8 Å². The monoisotopic (exact) mass is 483 g/mol. The number of nitrogens with one attached hydrogen (secondary N) is 2. The smallest absolute Gasteiger partial charge is 0.338 e. The number of ether oxygens (including phenoxy) is 3. The van der Waals surface area contributed by atoms with Crippen LogP contribution in [0.3, 0.4) is 0 Å². The highest BCUT2D eigenvalue weighted by molar-refractivity contribution is 5.95. The second kappa shape index (κ2) is 10.9. The number of nitro groups is 1. The lowest BCUT2D eigenvalue weighted by molar-refractivity contribution is -0.386. The molecule has 0 aliphatic carbocycles. The van der Waals surface area contributed by atoms with Gasteiger partial charge < -0.3 is 24.8 Å². The van der Waals surface area contributed by atoms with Crippen molar-refractivity contribution in [2.45, 2.75) is 40.3 Å². The number of allylic oxidation sites excluding steroid dienone is 1. The van der Waals surface area contributed by atoms with Crippen LogP contribution in [0.25, 0.3) is 0 Å². The number of nitrogens with zero attached hydrogens (tertiary/aromatic N) is 1. The average Bonchev–Trinajstić information content (AvgIpc) is 2.82. The lowest BCUT2D eigenvalue weighted by Gasteiger charge is -2.31. The second-order valence-electron chi connectivity index (χ2n) is 8.28. The van der Waals surface area contributed by atoms with Gasteiger partial charge in [-0.3, -0.25) is 10.1 Å². The van der Waals surface area contributed by atoms with Crippen LogP contribution < -0.4 is 20.1 Å². The third-order valence-corrected chi connectivity index (χ3v) is 5.62. The molecule has 3 rings (SSSR count). The Balaban J connectivity index is 2.11. The van der Waals surface area contributed by atoms with E-state index in [1.165, 1.54) is 19.2 Å². The molecule has 0 saturated heterocycles. The summed E-state index contributed by atoms with van der Waals surface area (Å²) in [5.74, 6) is -0.785. The highest BCUT2D eigenvalue weighted by atomic mass is 16.6. The summed E-state index contributed by atoms with van der Waals surface area (Å²) in [4.78, 5) is 36.7. The summed E-state index contributed by atoms with van der Waals surface area (Å²) in [6.07, 6.45) is 0. The van der Waals surface area contributed by atoms with Crippen LogP contribution in [0.5, 0.6) is 11.5 Å². The number of aryl methyl sites for hydroxylation is 1. The van der Waals surface area contributed by atoms with E-state index < -0.39 is 23.0 Å². The molecule has 35 heavy (non-hydrogen) atoms. The minimum absolute atomic E-state index is 0.0458. The molecule has 2 amide bonds. The molecule has 0 spiro atoms. The molecule has 0 saturated carbocycles. The summed E-state index contributed by atoms with van der Waals surface area (Å²) in [7, 11) is 1.37. The maximum absolute atomic E-state index is 12.9. The number of carbonyl (C=O) groups excluding carboxylic acids is 2. The van der Waals surface area contributed by atoms with Gasteiger partial charge in [-0.15, -0.1) is 0 Å². The largest absolute Gasteiger partial charge is 0.493 e. The SMILES string of the molecule is CCOC(=O)C1=C(C(C)C)NC(=O)NC1c1cc(OC)c(OCc2ccccc2C)c([N+](=O)[O-])c1. The topological polar surface area (TPSA) is 129 Å². The summed E-state index contributed by atoms with van der Waals surface area (Å²) in [5.41, 5.74) is 2.34. The van der Waals surface area contributed by atoms with Crippen molar-refractivity contribution in [2.75, 3.05) is 13.7 Å². The Morgan fingerprint density at radius 2 is 1.94 bits per heavy atom. The molecule has 0 aromatic heterocycles. The number of hydrogen-bond acceptors (Lipinski definition) is 7. The van der Waals surface area contributed by atoms with E-state index in [1.807, 2.05) is 45.0 Å². The van der Waals surface area contributed by atoms with E-state index >= 15 is 0 Å². The first-order valence-corrected chi connectivity index (χ1v) is 11.2. The van der Waals surface area contributed by atoms with Crippen molar-refractivity contribution in [2.24, 2.45) is 5.92 Å². The van der Waals surface area contributed by atoms with Crippen LogP contribution in [0.4, 0.5) is 10.5 Å².